The minimum absolute atomic E-state index is 0.469. The number of aromatic nitrogens is 2. The molecule has 4 nitrogen and oxygen atoms in total. The molecule has 2 N–H and O–H groups in total. The van der Waals surface area contributed by atoms with Gasteiger partial charge < -0.3 is 15.2 Å². The molecule has 16 heavy (non-hydrogen) atoms. The van der Waals surface area contributed by atoms with E-state index in [9.17, 15) is 0 Å². The number of likely N-dealkylation sites (N-methyl/N-ethyl adjacent to an activating group) is 1. The van der Waals surface area contributed by atoms with E-state index in [1.54, 1.807) is 0 Å². The van der Waals surface area contributed by atoms with Crippen LogP contribution < -0.4 is 5.73 Å². The van der Waals surface area contributed by atoms with Crippen molar-refractivity contribution in [2.45, 2.75) is 32.9 Å². The lowest BCUT2D eigenvalue weighted by Gasteiger charge is -2.25. The van der Waals surface area contributed by atoms with Gasteiger partial charge in [-0.25, -0.2) is 4.98 Å². The van der Waals surface area contributed by atoms with Gasteiger partial charge in [-0.1, -0.05) is 13.8 Å². The maximum absolute atomic E-state index is 5.72. The molecule has 4 heteroatoms. The number of rotatable bonds is 6. The van der Waals surface area contributed by atoms with Crippen LogP contribution in [0.3, 0.4) is 0 Å². The third kappa shape index (κ3) is 3.61. The summed E-state index contributed by atoms with van der Waals surface area (Å²) < 4.78 is 2.22. The summed E-state index contributed by atoms with van der Waals surface area (Å²) in [4.78, 5) is 6.41. The monoisotopic (exact) mass is 224 g/mol. The first kappa shape index (κ1) is 13.2. The molecule has 0 spiro atoms. The maximum atomic E-state index is 5.72. The van der Waals surface area contributed by atoms with Gasteiger partial charge in [-0.05, 0) is 26.4 Å². The van der Waals surface area contributed by atoms with Gasteiger partial charge in [0.2, 0.25) is 0 Å². The summed E-state index contributed by atoms with van der Waals surface area (Å²) in [6.07, 6.45) is 4.92. The van der Waals surface area contributed by atoms with Crippen LogP contribution >= 0.6 is 0 Å². The summed E-state index contributed by atoms with van der Waals surface area (Å²) >= 11 is 0. The predicted molar refractivity (Wildman–Crippen MR) is 67.2 cm³/mol. The molecule has 92 valence electrons. The fraction of sp³-hybridized carbons (Fsp3) is 0.750. The van der Waals surface area contributed by atoms with Gasteiger partial charge in [0.1, 0.15) is 0 Å². The highest BCUT2D eigenvalue weighted by molar-refractivity contribution is 5.00. The van der Waals surface area contributed by atoms with Crippen molar-refractivity contribution in [3.05, 3.63) is 18.2 Å². The molecular formula is C12H24N4. The summed E-state index contributed by atoms with van der Waals surface area (Å²) in [5.74, 6) is 0.679. The number of nitrogens with zero attached hydrogens (tertiary/aromatic N) is 3. The van der Waals surface area contributed by atoms with Gasteiger partial charge in [0, 0.05) is 25.3 Å². The first-order chi connectivity index (χ1) is 7.54. The summed E-state index contributed by atoms with van der Waals surface area (Å²) in [5.41, 5.74) is 6.84. The summed E-state index contributed by atoms with van der Waals surface area (Å²) in [6, 6.07) is 0.469. The minimum Gasteiger partial charge on any atom is -0.329 e. The van der Waals surface area contributed by atoms with Crippen molar-refractivity contribution in [3.8, 4) is 0 Å². The Hall–Kier alpha value is -0.870. The van der Waals surface area contributed by atoms with E-state index in [-0.39, 0.29) is 0 Å². The summed E-state index contributed by atoms with van der Waals surface area (Å²) in [6.45, 7) is 6.09. The van der Waals surface area contributed by atoms with E-state index in [1.165, 1.54) is 0 Å². The van der Waals surface area contributed by atoms with Crippen LogP contribution in [0.2, 0.25) is 0 Å². The van der Waals surface area contributed by atoms with Crippen LogP contribution in [-0.4, -0.2) is 35.1 Å². The van der Waals surface area contributed by atoms with Gasteiger partial charge in [0.05, 0.1) is 12.0 Å². The second kappa shape index (κ2) is 6.01. The summed E-state index contributed by atoms with van der Waals surface area (Å²) in [7, 11) is 4.21. The number of imidazole rings is 1. The van der Waals surface area contributed by atoms with Crippen LogP contribution in [0.15, 0.2) is 12.5 Å². The minimum atomic E-state index is 0.469. The topological polar surface area (TPSA) is 47.1 Å². The Morgan fingerprint density at radius 1 is 1.44 bits per heavy atom. The predicted octanol–water partition coefficient (Wildman–Crippen LogP) is 1.49. The Labute approximate surface area is 98.5 Å². The molecule has 1 aromatic rings. The van der Waals surface area contributed by atoms with Crippen molar-refractivity contribution < 1.29 is 0 Å². The normalized spacial score (nSPS) is 13.7. The van der Waals surface area contributed by atoms with Gasteiger partial charge >= 0.3 is 0 Å². The smallest absolute Gasteiger partial charge is 0.0951 e. The van der Waals surface area contributed by atoms with Crippen LogP contribution in [-0.2, 0) is 6.54 Å². The quantitative estimate of drug-likeness (QED) is 0.796. The number of hydrogen-bond acceptors (Lipinski definition) is 3. The van der Waals surface area contributed by atoms with Gasteiger partial charge in [-0.3, -0.25) is 0 Å². The van der Waals surface area contributed by atoms with Crippen molar-refractivity contribution in [2.75, 3.05) is 20.6 Å². The molecule has 1 heterocycles. The van der Waals surface area contributed by atoms with E-state index >= 15 is 0 Å². The van der Waals surface area contributed by atoms with Gasteiger partial charge in [0.25, 0.3) is 0 Å². The van der Waals surface area contributed by atoms with Crippen molar-refractivity contribution in [1.29, 1.82) is 0 Å². The Balaban J connectivity index is 2.82. The maximum Gasteiger partial charge on any atom is 0.0951 e. The van der Waals surface area contributed by atoms with E-state index in [0.717, 1.165) is 18.7 Å². The average Bonchev–Trinajstić information content (AvgIpc) is 2.62. The van der Waals surface area contributed by atoms with Gasteiger partial charge in [0.15, 0.2) is 0 Å². The molecule has 0 aliphatic rings. The molecule has 0 radical (unpaired) electrons. The molecule has 0 aliphatic carbocycles. The zero-order valence-electron chi connectivity index (χ0n) is 10.8. The molecule has 0 bridgehead atoms. The molecule has 0 amide bonds. The van der Waals surface area contributed by atoms with Crippen molar-refractivity contribution in [1.82, 2.24) is 14.5 Å². The molecule has 1 rings (SSSR count). The molecule has 1 unspecified atom stereocenters. The highest BCUT2D eigenvalue weighted by Gasteiger charge is 2.16. The molecule has 0 fully saturated rings. The van der Waals surface area contributed by atoms with Crippen LogP contribution in [0.25, 0.3) is 0 Å². The molecular weight excluding hydrogens is 200 g/mol. The van der Waals surface area contributed by atoms with Crippen molar-refractivity contribution in [3.63, 3.8) is 0 Å². The van der Waals surface area contributed by atoms with Crippen LogP contribution in [0, 0.1) is 5.92 Å². The number of nitrogens with two attached hydrogens (primary N) is 1. The highest BCUT2D eigenvalue weighted by Crippen LogP contribution is 2.20. The van der Waals surface area contributed by atoms with E-state index < -0.39 is 0 Å². The van der Waals surface area contributed by atoms with Gasteiger partial charge in [-0.15, -0.1) is 0 Å². The molecule has 0 saturated heterocycles. The number of hydrogen-bond donors (Lipinski definition) is 1. The first-order valence-electron chi connectivity index (χ1n) is 5.90. The first-order valence-corrected chi connectivity index (χ1v) is 5.90. The lowest BCUT2D eigenvalue weighted by molar-refractivity contribution is 0.284. The van der Waals surface area contributed by atoms with E-state index in [4.69, 9.17) is 5.73 Å². The van der Waals surface area contributed by atoms with E-state index in [1.807, 2.05) is 12.5 Å². The molecule has 0 aromatic carbocycles. The van der Waals surface area contributed by atoms with Crippen molar-refractivity contribution >= 4 is 0 Å². The zero-order chi connectivity index (χ0) is 12.1. The molecule has 0 aliphatic heterocycles. The van der Waals surface area contributed by atoms with Crippen LogP contribution in [0.1, 0.15) is 32.0 Å². The Morgan fingerprint density at radius 2 is 2.12 bits per heavy atom. The fourth-order valence-electron chi connectivity index (χ4n) is 2.06. The van der Waals surface area contributed by atoms with E-state index in [0.29, 0.717) is 18.5 Å². The second-order valence-electron chi connectivity index (χ2n) is 5.04. The Kier molecular flexibility index (Phi) is 4.96. The Bertz CT molecular complexity index is 294. The standard InChI is InChI=1S/C12H24N4/c1-10(2)5-11(8-15(3)4)16-9-14-7-12(16)6-13/h7,9-11H,5-6,8,13H2,1-4H3. The summed E-state index contributed by atoms with van der Waals surface area (Å²) in [5, 5.41) is 0. The average molecular weight is 224 g/mol. The van der Waals surface area contributed by atoms with Gasteiger partial charge in [-0.2, -0.15) is 0 Å². The van der Waals surface area contributed by atoms with Crippen LogP contribution in [0.5, 0.6) is 0 Å². The SMILES string of the molecule is CC(C)CC(CN(C)C)n1cncc1CN. The lowest BCUT2D eigenvalue weighted by Crippen LogP contribution is -2.27. The second-order valence-corrected chi connectivity index (χ2v) is 5.04. The van der Waals surface area contributed by atoms with Crippen molar-refractivity contribution in [2.24, 2.45) is 11.7 Å². The largest absolute Gasteiger partial charge is 0.329 e. The molecule has 1 aromatic heterocycles. The third-order valence-corrected chi connectivity index (χ3v) is 2.67. The van der Waals surface area contributed by atoms with E-state index in [2.05, 4.69) is 42.4 Å². The fourth-order valence-corrected chi connectivity index (χ4v) is 2.06. The van der Waals surface area contributed by atoms with Crippen LogP contribution in [0.4, 0.5) is 0 Å². The molecule has 0 saturated carbocycles. The zero-order valence-corrected chi connectivity index (χ0v) is 10.8. The third-order valence-electron chi connectivity index (χ3n) is 2.67. The Morgan fingerprint density at radius 3 is 2.62 bits per heavy atom. The highest BCUT2D eigenvalue weighted by atomic mass is 15.1. The lowest BCUT2D eigenvalue weighted by atomic mass is 10.0. The molecule has 1 atom stereocenters.